The fourth-order valence-corrected chi connectivity index (χ4v) is 4.20. The highest BCUT2D eigenvalue weighted by Crippen LogP contribution is 2.40. The van der Waals surface area contributed by atoms with Crippen molar-refractivity contribution in [2.24, 2.45) is 5.92 Å². The van der Waals surface area contributed by atoms with Crippen LogP contribution in [-0.2, 0) is 14.3 Å². The maximum atomic E-state index is 12.0. The van der Waals surface area contributed by atoms with E-state index in [2.05, 4.69) is 0 Å². The van der Waals surface area contributed by atoms with Crippen LogP contribution in [0.5, 0.6) is 0 Å². The molecule has 0 saturated carbocycles. The quantitative estimate of drug-likeness (QED) is 0.771. The molecule has 0 saturated heterocycles. The molecule has 0 bridgehead atoms. The van der Waals surface area contributed by atoms with Gasteiger partial charge in [0.15, 0.2) is 0 Å². The molecular formula is C12H20O4S. The molecule has 4 nitrogen and oxygen atoms in total. The first-order valence-electron chi connectivity index (χ1n) is 6.26. The normalized spacial score (nSPS) is 36.8. The smallest absolute Gasteiger partial charge is 0.293 e. The molecule has 0 spiro atoms. The summed E-state index contributed by atoms with van der Waals surface area (Å²) in [7, 11) is -3.59. The average Bonchev–Trinajstić information content (AvgIpc) is 2.21. The van der Waals surface area contributed by atoms with Gasteiger partial charge >= 0.3 is 0 Å². The van der Waals surface area contributed by atoms with E-state index in [0.717, 1.165) is 18.4 Å². The van der Waals surface area contributed by atoms with Crippen molar-refractivity contribution in [3.05, 3.63) is 10.5 Å². The summed E-state index contributed by atoms with van der Waals surface area (Å²) in [6.45, 7) is 3.98. The fraction of sp³-hybridized carbons (Fsp3) is 0.833. The first-order chi connectivity index (χ1) is 7.94. The Morgan fingerprint density at radius 2 is 2.06 bits per heavy atom. The van der Waals surface area contributed by atoms with Crippen LogP contribution in [0.1, 0.15) is 46.0 Å². The number of rotatable bonds is 2. The van der Waals surface area contributed by atoms with Crippen LogP contribution >= 0.6 is 0 Å². The van der Waals surface area contributed by atoms with Gasteiger partial charge in [-0.25, -0.2) is 0 Å². The van der Waals surface area contributed by atoms with Gasteiger partial charge in [0, 0.05) is 6.42 Å². The molecular weight excluding hydrogens is 240 g/mol. The van der Waals surface area contributed by atoms with E-state index >= 15 is 0 Å². The van der Waals surface area contributed by atoms with E-state index in [1.54, 1.807) is 0 Å². The lowest BCUT2D eigenvalue weighted by Crippen LogP contribution is -2.34. The molecule has 0 unspecified atom stereocenters. The molecule has 1 heterocycles. The van der Waals surface area contributed by atoms with Gasteiger partial charge < -0.3 is 5.11 Å². The fourth-order valence-electron chi connectivity index (χ4n) is 2.67. The summed E-state index contributed by atoms with van der Waals surface area (Å²) in [5, 5.41) is 9.76. The van der Waals surface area contributed by atoms with Crippen molar-refractivity contribution in [1.82, 2.24) is 0 Å². The standard InChI is InChI=1S/C12H20O4S/c1-3-4-10-6-9-5-8(2)11(13)7-12(9)17(14,15)16-10/h8,10-11,13H,3-7H2,1-2H3/t8-,10-,11+/m0/s1. The van der Waals surface area contributed by atoms with E-state index in [-0.39, 0.29) is 18.4 Å². The Kier molecular flexibility index (Phi) is 3.61. The Morgan fingerprint density at radius 3 is 2.71 bits per heavy atom. The highest BCUT2D eigenvalue weighted by atomic mass is 32.2. The van der Waals surface area contributed by atoms with Gasteiger partial charge in [0.1, 0.15) is 0 Å². The maximum absolute atomic E-state index is 12.0. The largest absolute Gasteiger partial charge is 0.392 e. The number of hydrogen-bond donors (Lipinski definition) is 1. The van der Waals surface area contributed by atoms with Gasteiger partial charge in [-0.2, -0.15) is 8.42 Å². The van der Waals surface area contributed by atoms with Gasteiger partial charge in [0.05, 0.1) is 17.1 Å². The van der Waals surface area contributed by atoms with Gasteiger partial charge in [-0.05, 0) is 25.2 Å². The zero-order valence-electron chi connectivity index (χ0n) is 10.3. The second-order valence-corrected chi connectivity index (χ2v) is 6.74. The molecule has 0 radical (unpaired) electrons. The summed E-state index contributed by atoms with van der Waals surface area (Å²) in [6.07, 6.45) is 2.53. The van der Waals surface area contributed by atoms with Crippen LogP contribution in [0, 0.1) is 5.92 Å². The number of aliphatic hydroxyl groups is 1. The van der Waals surface area contributed by atoms with Crippen molar-refractivity contribution >= 4 is 10.1 Å². The van der Waals surface area contributed by atoms with Gasteiger partial charge in [-0.1, -0.05) is 25.8 Å². The van der Waals surface area contributed by atoms with Crippen LogP contribution in [0.3, 0.4) is 0 Å². The molecule has 17 heavy (non-hydrogen) atoms. The Morgan fingerprint density at radius 1 is 1.35 bits per heavy atom. The van der Waals surface area contributed by atoms with Crippen LogP contribution in [0.15, 0.2) is 10.5 Å². The molecule has 0 aromatic heterocycles. The Labute approximate surface area is 103 Å². The predicted molar refractivity (Wildman–Crippen MR) is 64.7 cm³/mol. The lowest BCUT2D eigenvalue weighted by Gasteiger charge is -2.34. The molecule has 2 rings (SSSR count). The van der Waals surface area contributed by atoms with E-state index < -0.39 is 16.2 Å². The molecule has 0 aromatic rings. The lowest BCUT2D eigenvalue weighted by atomic mass is 9.85. The monoisotopic (exact) mass is 260 g/mol. The van der Waals surface area contributed by atoms with Crippen LogP contribution in [0.4, 0.5) is 0 Å². The van der Waals surface area contributed by atoms with Gasteiger partial charge in [0.2, 0.25) is 0 Å². The van der Waals surface area contributed by atoms with Crippen molar-refractivity contribution < 1.29 is 17.7 Å². The highest BCUT2D eigenvalue weighted by molar-refractivity contribution is 7.90. The van der Waals surface area contributed by atoms with E-state index in [4.69, 9.17) is 4.18 Å². The van der Waals surface area contributed by atoms with E-state index in [0.29, 0.717) is 17.7 Å². The molecule has 2 aliphatic rings. The minimum atomic E-state index is -3.59. The van der Waals surface area contributed by atoms with E-state index in [1.165, 1.54) is 0 Å². The third-order valence-corrected chi connectivity index (χ3v) is 5.25. The van der Waals surface area contributed by atoms with Crippen molar-refractivity contribution in [3.63, 3.8) is 0 Å². The second kappa shape index (κ2) is 4.71. The third kappa shape index (κ3) is 2.56. The van der Waals surface area contributed by atoms with Gasteiger partial charge in [0.25, 0.3) is 10.1 Å². The summed E-state index contributed by atoms with van der Waals surface area (Å²) in [4.78, 5) is 0.343. The molecule has 1 aliphatic heterocycles. The van der Waals surface area contributed by atoms with E-state index in [9.17, 15) is 13.5 Å². The molecule has 0 aromatic carbocycles. The highest BCUT2D eigenvalue weighted by Gasteiger charge is 2.38. The zero-order valence-corrected chi connectivity index (χ0v) is 11.2. The maximum Gasteiger partial charge on any atom is 0.293 e. The minimum Gasteiger partial charge on any atom is -0.392 e. The number of aliphatic hydroxyl groups excluding tert-OH is 1. The van der Waals surface area contributed by atoms with Crippen LogP contribution < -0.4 is 0 Å². The third-order valence-electron chi connectivity index (χ3n) is 3.66. The summed E-state index contributed by atoms with van der Waals surface area (Å²) < 4.78 is 29.1. The van der Waals surface area contributed by atoms with Crippen LogP contribution in [-0.4, -0.2) is 25.7 Å². The van der Waals surface area contributed by atoms with Crippen LogP contribution in [0.25, 0.3) is 0 Å². The summed E-state index contributed by atoms with van der Waals surface area (Å²) in [6, 6.07) is 0. The lowest BCUT2D eigenvalue weighted by molar-refractivity contribution is 0.102. The minimum absolute atomic E-state index is 0.143. The summed E-state index contributed by atoms with van der Waals surface area (Å²) >= 11 is 0. The SMILES string of the molecule is CCC[C@H]1CC2=C(C[C@@H](O)[C@@H](C)C2)S(=O)(=O)O1. The zero-order chi connectivity index (χ0) is 12.6. The second-order valence-electron chi connectivity index (χ2n) is 5.14. The van der Waals surface area contributed by atoms with Crippen molar-refractivity contribution in [3.8, 4) is 0 Å². The molecule has 0 amide bonds. The Balaban J connectivity index is 2.29. The molecule has 98 valence electrons. The summed E-state index contributed by atoms with van der Waals surface area (Å²) in [5.74, 6) is 0.143. The van der Waals surface area contributed by atoms with Crippen molar-refractivity contribution in [1.29, 1.82) is 0 Å². The first-order valence-corrected chi connectivity index (χ1v) is 7.67. The first kappa shape index (κ1) is 13.1. The molecule has 0 fully saturated rings. The average molecular weight is 260 g/mol. The molecule has 1 N–H and O–H groups in total. The Hall–Kier alpha value is -0.390. The van der Waals surface area contributed by atoms with E-state index in [1.807, 2.05) is 13.8 Å². The molecule has 3 atom stereocenters. The summed E-state index contributed by atoms with van der Waals surface area (Å²) in [5.41, 5.74) is 0.979. The topological polar surface area (TPSA) is 63.6 Å². The van der Waals surface area contributed by atoms with Crippen molar-refractivity contribution in [2.45, 2.75) is 58.2 Å². The van der Waals surface area contributed by atoms with Gasteiger partial charge in [-0.15, -0.1) is 0 Å². The molecule has 1 aliphatic carbocycles. The van der Waals surface area contributed by atoms with Crippen molar-refractivity contribution in [2.75, 3.05) is 0 Å². The number of hydrogen-bond acceptors (Lipinski definition) is 4. The predicted octanol–water partition coefficient (Wildman–Crippen LogP) is 1.95. The van der Waals surface area contributed by atoms with Crippen LogP contribution in [0.2, 0.25) is 0 Å². The Bertz CT molecular complexity index is 424. The molecule has 5 heteroatoms. The van der Waals surface area contributed by atoms with Gasteiger partial charge in [-0.3, -0.25) is 4.18 Å².